The Hall–Kier alpha value is -1.96. The zero-order valence-electron chi connectivity index (χ0n) is 17.2. The van der Waals surface area contributed by atoms with Crippen LogP contribution in [-0.4, -0.2) is 40.3 Å². The molecule has 9 heteroatoms. The topological polar surface area (TPSA) is 75.7 Å². The van der Waals surface area contributed by atoms with Gasteiger partial charge in [-0.25, -0.2) is 8.42 Å². The number of rotatable bonds is 10. The molecule has 164 valence electrons. The van der Waals surface area contributed by atoms with E-state index in [1.807, 2.05) is 32.0 Å². The van der Waals surface area contributed by atoms with Gasteiger partial charge in [-0.2, -0.15) is 0 Å². The Bertz CT molecular complexity index is 996. The molecule has 0 saturated heterocycles. The number of hydrogen-bond acceptors (Lipinski definition) is 4. The van der Waals surface area contributed by atoms with Gasteiger partial charge in [-0.05, 0) is 44.0 Å². The third-order valence-electron chi connectivity index (χ3n) is 4.38. The Kier molecular flexibility index (Phi) is 8.82. The van der Waals surface area contributed by atoms with Crippen molar-refractivity contribution < 1.29 is 17.9 Å². The first kappa shape index (κ1) is 24.3. The van der Waals surface area contributed by atoms with E-state index in [2.05, 4.69) is 5.32 Å². The van der Waals surface area contributed by atoms with Gasteiger partial charge in [0.2, 0.25) is 15.9 Å². The van der Waals surface area contributed by atoms with Crippen LogP contribution in [0.1, 0.15) is 24.0 Å². The van der Waals surface area contributed by atoms with Crippen LogP contribution >= 0.6 is 23.2 Å². The maximum atomic E-state index is 12.2. The first-order chi connectivity index (χ1) is 14.1. The van der Waals surface area contributed by atoms with Gasteiger partial charge in [0.05, 0.1) is 28.5 Å². The third-order valence-corrected chi connectivity index (χ3v) is 6.37. The number of hydrogen-bond donors (Lipinski definition) is 1. The largest absolute Gasteiger partial charge is 0.491 e. The number of aryl methyl sites for hydroxylation is 2. The van der Waals surface area contributed by atoms with Crippen molar-refractivity contribution in [2.45, 2.75) is 26.7 Å². The molecule has 0 aromatic heterocycles. The summed E-state index contributed by atoms with van der Waals surface area (Å²) in [5, 5.41) is 3.21. The van der Waals surface area contributed by atoms with E-state index in [0.717, 1.165) is 27.4 Å². The molecule has 0 spiro atoms. The van der Waals surface area contributed by atoms with E-state index in [0.29, 0.717) is 25.3 Å². The maximum Gasteiger partial charge on any atom is 0.232 e. The summed E-state index contributed by atoms with van der Waals surface area (Å²) in [7, 11) is -3.58. The lowest BCUT2D eigenvalue weighted by atomic mass is 10.1. The minimum absolute atomic E-state index is 0.116. The van der Waals surface area contributed by atoms with Gasteiger partial charge in [0.15, 0.2) is 0 Å². The molecule has 0 radical (unpaired) electrons. The molecule has 6 nitrogen and oxygen atoms in total. The molecule has 2 aromatic carbocycles. The van der Waals surface area contributed by atoms with E-state index in [-0.39, 0.29) is 28.9 Å². The van der Waals surface area contributed by atoms with Gasteiger partial charge in [-0.1, -0.05) is 47.0 Å². The molecule has 0 saturated carbocycles. The van der Waals surface area contributed by atoms with Gasteiger partial charge >= 0.3 is 0 Å². The summed E-state index contributed by atoms with van der Waals surface area (Å²) in [5.41, 5.74) is 2.51. The number of amides is 1. The number of nitrogens with zero attached hydrogens (tertiary/aromatic N) is 1. The summed E-state index contributed by atoms with van der Waals surface area (Å²) in [6.45, 7) is 4.82. The van der Waals surface area contributed by atoms with Crippen LogP contribution in [-0.2, 0) is 14.8 Å². The standard InChI is InChI=1S/C21H26Cl2N2O4S/c1-15-9-10-19(16(2)14-15)29-13-11-24-20(26)8-5-12-25(30(3,27)28)18-7-4-6-17(22)21(18)23/h4,6-7,9-10,14H,5,8,11-13H2,1-3H3,(H,24,26). The Labute approximate surface area is 188 Å². The molecule has 0 bridgehead atoms. The normalized spacial score (nSPS) is 11.2. The zero-order chi connectivity index (χ0) is 22.3. The van der Waals surface area contributed by atoms with Crippen LogP contribution < -0.4 is 14.4 Å². The monoisotopic (exact) mass is 472 g/mol. The summed E-state index contributed by atoms with van der Waals surface area (Å²) in [5.74, 6) is 0.613. The highest BCUT2D eigenvalue weighted by atomic mass is 35.5. The highest BCUT2D eigenvalue weighted by molar-refractivity contribution is 7.92. The lowest BCUT2D eigenvalue weighted by Crippen LogP contribution is -2.33. The summed E-state index contributed by atoms with van der Waals surface area (Å²) in [4.78, 5) is 12.1. The highest BCUT2D eigenvalue weighted by Crippen LogP contribution is 2.33. The second-order valence-corrected chi connectivity index (χ2v) is 9.67. The zero-order valence-corrected chi connectivity index (χ0v) is 19.6. The number of ether oxygens (including phenoxy) is 1. The molecule has 2 rings (SSSR count). The van der Waals surface area contributed by atoms with Crippen molar-refractivity contribution in [3.05, 3.63) is 57.6 Å². The smallest absolute Gasteiger partial charge is 0.232 e. The van der Waals surface area contributed by atoms with Gasteiger partial charge in [0, 0.05) is 13.0 Å². The Morgan fingerprint density at radius 3 is 2.57 bits per heavy atom. The summed E-state index contributed by atoms with van der Waals surface area (Å²) in [6, 6.07) is 10.7. The fourth-order valence-corrected chi connectivity index (χ4v) is 4.35. The number of sulfonamides is 1. The molecule has 1 amide bonds. The number of benzene rings is 2. The van der Waals surface area contributed by atoms with Crippen LogP contribution in [0.4, 0.5) is 5.69 Å². The van der Waals surface area contributed by atoms with Gasteiger partial charge in [0.25, 0.3) is 0 Å². The Balaban J connectivity index is 1.81. The quantitative estimate of drug-likeness (QED) is 0.521. The second-order valence-electron chi connectivity index (χ2n) is 6.98. The van der Waals surface area contributed by atoms with Crippen LogP contribution in [0.25, 0.3) is 0 Å². The van der Waals surface area contributed by atoms with E-state index in [1.165, 1.54) is 0 Å². The van der Waals surface area contributed by atoms with E-state index >= 15 is 0 Å². The molecule has 1 N–H and O–H groups in total. The first-order valence-electron chi connectivity index (χ1n) is 9.48. The van der Waals surface area contributed by atoms with E-state index in [9.17, 15) is 13.2 Å². The minimum atomic E-state index is -3.58. The van der Waals surface area contributed by atoms with Gasteiger partial charge in [-0.3, -0.25) is 9.10 Å². The fourth-order valence-electron chi connectivity index (χ4n) is 2.93. The van der Waals surface area contributed by atoms with Crippen LogP contribution in [0.2, 0.25) is 10.0 Å². The molecule has 0 heterocycles. The van der Waals surface area contributed by atoms with Crippen LogP contribution in [0.15, 0.2) is 36.4 Å². The Morgan fingerprint density at radius 1 is 1.17 bits per heavy atom. The third kappa shape index (κ3) is 7.07. The first-order valence-corrected chi connectivity index (χ1v) is 12.1. The van der Waals surface area contributed by atoms with E-state index < -0.39 is 10.0 Å². The molecular weight excluding hydrogens is 447 g/mol. The lowest BCUT2D eigenvalue weighted by Gasteiger charge is -2.23. The molecule has 2 aromatic rings. The highest BCUT2D eigenvalue weighted by Gasteiger charge is 2.21. The van der Waals surface area contributed by atoms with Gasteiger partial charge in [-0.15, -0.1) is 0 Å². The summed E-state index contributed by atoms with van der Waals surface area (Å²) >= 11 is 12.2. The second kappa shape index (κ2) is 10.9. The van der Waals surface area contributed by atoms with Crippen molar-refractivity contribution in [1.82, 2.24) is 5.32 Å². The average Bonchev–Trinajstić information content (AvgIpc) is 2.65. The summed E-state index contributed by atoms with van der Waals surface area (Å²) < 4.78 is 31.2. The summed E-state index contributed by atoms with van der Waals surface area (Å²) in [6.07, 6.45) is 1.60. The Morgan fingerprint density at radius 2 is 1.90 bits per heavy atom. The van der Waals surface area contributed by atoms with E-state index in [1.54, 1.807) is 18.2 Å². The van der Waals surface area contributed by atoms with Crippen LogP contribution in [0.5, 0.6) is 5.75 Å². The number of halogens is 2. The SMILES string of the molecule is Cc1ccc(OCCNC(=O)CCCN(c2cccc(Cl)c2Cl)S(C)(=O)=O)c(C)c1. The fraction of sp³-hybridized carbons (Fsp3) is 0.381. The van der Waals surface area contributed by atoms with E-state index in [4.69, 9.17) is 27.9 Å². The molecule has 0 aliphatic carbocycles. The molecule has 0 atom stereocenters. The minimum Gasteiger partial charge on any atom is -0.491 e. The van der Waals surface area contributed by atoms with Crippen molar-refractivity contribution in [3.63, 3.8) is 0 Å². The number of anilines is 1. The van der Waals surface area contributed by atoms with Gasteiger partial charge < -0.3 is 10.1 Å². The van der Waals surface area contributed by atoms with Crippen LogP contribution in [0.3, 0.4) is 0 Å². The van der Waals surface area contributed by atoms with Crippen LogP contribution in [0, 0.1) is 13.8 Å². The number of carbonyl (C=O) groups excluding carboxylic acids is 1. The van der Waals surface area contributed by atoms with Crippen molar-refractivity contribution in [3.8, 4) is 5.75 Å². The van der Waals surface area contributed by atoms with Gasteiger partial charge in [0.1, 0.15) is 12.4 Å². The van der Waals surface area contributed by atoms with Crippen molar-refractivity contribution in [1.29, 1.82) is 0 Å². The molecular formula is C21H26Cl2N2O4S. The molecule has 0 unspecified atom stereocenters. The number of nitrogens with one attached hydrogen (secondary N) is 1. The number of carbonyl (C=O) groups is 1. The molecule has 0 fully saturated rings. The maximum absolute atomic E-state index is 12.2. The predicted octanol–water partition coefficient (Wildman–Crippen LogP) is 4.35. The lowest BCUT2D eigenvalue weighted by molar-refractivity contribution is -0.121. The molecule has 0 aliphatic heterocycles. The molecule has 30 heavy (non-hydrogen) atoms. The van der Waals surface area contributed by atoms with Crippen molar-refractivity contribution >= 4 is 44.8 Å². The predicted molar refractivity (Wildman–Crippen MR) is 122 cm³/mol. The average molecular weight is 473 g/mol. The van der Waals surface area contributed by atoms with Crippen molar-refractivity contribution in [2.24, 2.45) is 0 Å². The molecule has 0 aliphatic rings. The van der Waals surface area contributed by atoms with Crippen molar-refractivity contribution in [2.75, 3.05) is 30.3 Å².